The van der Waals surface area contributed by atoms with E-state index in [2.05, 4.69) is 0 Å². The molecule has 0 bridgehead atoms. The van der Waals surface area contributed by atoms with Crippen LogP contribution in [0.4, 0.5) is 4.79 Å². The molecule has 3 rings (SSSR count). The second-order valence-electron chi connectivity index (χ2n) is 7.55. The number of cyclic esters (lactones) is 1. The van der Waals surface area contributed by atoms with Crippen LogP contribution < -0.4 is 0 Å². The Kier molecular flexibility index (Phi) is 5.68. The summed E-state index contributed by atoms with van der Waals surface area (Å²) >= 11 is 0. The molecular weight excluding hydrogens is 348 g/mol. The molecule has 0 radical (unpaired) electrons. The lowest BCUT2D eigenvalue weighted by atomic mass is 10.0. The maximum absolute atomic E-state index is 12.9. The Labute approximate surface area is 159 Å². The molecule has 1 fully saturated rings. The molecule has 2 aliphatic rings. The molecule has 0 aromatic heterocycles. The fourth-order valence-corrected chi connectivity index (χ4v) is 3.50. The zero-order chi connectivity index (χ0) is 19.6. The molecule has 2 heterocycles. The summed E-state index contributed by atoms with van der Waals surface area (Å²) in [5.74, 6) is -0.612. The van der Waals surface area contributed by atoms with Gasteiger partial charge in [0.1, 0.15) is 6.04 Å². The number of fused-ring (bicyclic) bond motifs is 1. The predicted octanol–water partition coefficient (Wildman–Crippen LogP) is 2.33. The first-order valence-corrected chi connectivity index (χ1v) is 9.32. The van der Waals surface area contributed by atoms with Gasteiger partial charge in [0.2, 0.25) is 0 Å². The molecule has 0 saturated carbocycles. The van der Waals surface area contributed by atoms with Crippen LogP contribution in [-0.4, -0.2) is 53.6 Å². The van der Waals surface area contributed by atoms with Crippen molar-refractivity contribution in [3.8, 4) is 0 Å². The number of amides is 2. The third-order valence-corrected chi connectivity index (χ3v) is 5.03. The molecule has 0 spiro atoms. The third-order valence-electron chi connectivity index (χ3n) is 5.03. The summed E-state index contributed by atoms with van der Waals surface area (Å²) in [6.07, 6.45) is -0.560. The molecule has 1 aromatic carbocycles. The number of hydrogen-bond donors (Lipinski definition) is 0. The first-order valence-electron chi connectivity index (χ1n) is 9.32. The Morgan fingerprint density at radius 2 is 1.89 bits per heavy atom. The van der Waals surface area contributed by atoms with Crippen LogP contribution in [0.15, 0.2) is 24.3 Å². The van der Waals surface area contributed by atoms with Crippen LogP contribution in [0.25, 0.3) is 0 Å². The van der Waals surface area contributed by atoms with Crippen LogP contribution in [0.2, 0.25) is 0 Å². The maximum atomic E-state index is 12.9. The molecule has 146 valence electrons. The fourth-order valence-electron chi connectivity index (χ4n) is 3.50. The van der Waals surface area contributed by atoms with Crippen molar-refractivity contribution in [2.24, 2.45) is 5.92 Å². The van der Waals surface area contributed by atoms with E-state index < -0.39 is 24.2 Å². The Morgan fingerprint density at radius 3 is 2.41 bits per heavy atom. The van der Waals surface area contributed by atoms with Gasteiger partial charge in [-0.15, -0.1) is 0 Å². The van der Waals surface area contributed by atoms with Crippen molar-refractivity contribution in [2.75, 3.05) is 13.7 Å². The van der Waals surface area contributed by atoms with Crippen molar-refractivity contribution < 1.29 is 23.9 Å². The predicted molar refractivity (Wildman–Crippen MR) is 97.5 cm³/mol. The number of hydrogen-bond acceptors (Lipinski definition) is 5. The largest absolute Gasteiger partial charge is 0.464 e. The molecule has 0 N–H and O–H groups in total. The Hall–Kier alpha value is -2.57. The first-order chi connectivity index (χ1) is 12.9. The van der Waals surface area contributed by atoms with Crippen LogP contribution in [0, 0.1) is 5.92 Å². The second-order valence-corrected chi connectivity index (χ2v) is 7.55. The van der Waals surface area contributed by atoms with Gasteiger partial charge in [-0.3, -0.25) is 9.69 Å². The lowest BCUT2D eigenvalue weighted by Crippen LogP contribution is -2.47. The van der Waals surface area contributed by atoms with Gasteiger partial charge in [-0.1, -0.05) is 38.1 Å². The fraction of sp³-hybridized carbons (Fsp3) is 0.550. The lowest BCUT2D eigenvalue weighted by Gasteiger charge is -2.28. The molecule has 2 unspecified atom stereocenters. The Morgan fingerprint density at radius 1 is 1.26 bits per heavy atom. The molecule has 2 aliphatic heterocycles. The number of ether oxygens (including phenoxy) is 2. The molecular formula is C20H26N2O5. The van der Waals surface area contributed by atoms with Crippen molar-refractivity contribution >= 4 is 18.0 Å². The van der Waals surface area contributed by atoms with Gasteiger partial charge in [-0.25, -0.2) is 9.59 Å². The van der Waals surface area contributed by atoms with E-state index in [1.54, 1.807) is 11.9 Å². The molecule has 2 amide bonds. The molecule has 27 heavy (non-hydrogen) atoms. The van der Waals surface area contributed by atoms with Crippen molar-refractivity contribution in [2.45, 2.75) is 51.9 Å². The number of benzene rings is 1. The van der Waals surface area contributed by atoms with E-state index >= 15 is 0 Å². The van der Waals surface area contributed by atoms with Crippen LogP contribution in [0.1, 0.15) is 37.8 Å². The summed E-state index contributed by atoms with van der Waals surface area (Å²) < 4.78 is 10.5. The molecule has 7 nitrogen and oxygen atoms in total. The standard InChI is InChI=1S/C20H26N2O5/c1-13(2)10-17(18(23)21(3)16-8-9-26-19(16)24)27-20(25)22-11-14-6-4-5-7-15(14)12-22/h4-7,13,16-17H,8-12H2,1-3H3. The van der Waals surface area contributed by atoms with Gasteiger partial charge in [-0.05, 0) is 23.5 Å². The van der Waals surface area contributed by atoms with E-state index in [0.29, 0.717) is 32.5 Å². The van der Waals surface area contributed by atoms with Gasteiger partial charge >= 0.3 is 12.1 Å². The highest BCUT2D eigenvalue weighted by molar-refractivity contribution is 5.88. The van der Waals surface area contributed by atoms with Crippen molar-refractivity contribution in [3.05, 3.63) is 35.4 Å². The number of nitrogens with zero attached hydrogens (tertiary/aromatic N) is 2. The van der Waals surface area contributed by atoms with Gasteiger partial charge < -0.3 is 14.4 Å². The summed E-state index contributed by atoms with van der Waals surface area (Å²) in [5, 5.41) is 0. The second kappa shape index (κ2) is 7.98. The van der Waals surface area contributed by atoms with E-state index in [0.717, 1.165) is 11.1 Å². The summed E-state index contributed by atoms with van der Waals surface area (Å²) in [5.41, 5.74) is 2.18. The van der Waals surface area contributed by atoms with E-state index in [1.165, 1.54) is 4.90 Å². The monoisotopic (exact) mass is 374 g/mol. The van der Waals surface area contributed by atoms with Gasteiger partial charge in [0.05, 0.1) is 6.61 Å². The van der Waals surface area contributed by atoms with E-state index in [4.69, 9.17) is 9.47 Å². The van der Waals surface area contributed by atoms with Gasteiger partial charge in [0.15, 0.2) is 6.10 Å². The molecule has 0 aliphatic carbocycles. The minimum absolute atomic E-state index is 0.159. The highest BCUT2D eigenvalue weighted by Crippen LogP contribution is 2.24. The van der Waals surface area contributed by atoms with Crippen molar-refractivity contribution in [1.29, 1.82) is 0 Å². The number of rotatable bonds is 5. The molecule has 1 saturated heterocycles. The van der Waals surface area contributed by atoms with Gasteiger partial charge in [0.25, 0.3) is 5.91 Å². The first kappa shape index (κ1) is 19.2. The summed E-state index contributed by atoms with van der Waals surface area (Å²) in [6, 6.07) is 7.24. The summed E-state index contributed by atoms with van der Waals surface area (Å²) in [6.45, 7) is 5.18. The van der Waals surface area contributed by atoms with Crippen LogP contribution in [0.3, 0.4) is 0 Å². The van der Waals surface area contributed by atoms with Crippen LogP contribution >= 0.6 is 0 Å². The summed E-state index contributed by atoms with van der Waals surface area (Å²) in [7, 11) is 1.56. The number of carbonyl (C=O) groups excluding carboxylic acids is 3. The highest BCUT2D eigenvalue weighted by atomic mass is 16.6. The zero-order valence-electron chi connectivity index (χ0n) is 16.0. The third kappa shape index (κ3) is 4.23. The molecule has 1 aromatic rings. The minimum Gasteiger partial charge on any atom is -0.464 e. The van der Waals surface area contributed by atoms with Crippen LogP contribution in [-0.2, 0) is 32.2 Å². The van der Waals surface area contributed by atoms with E-state index in [1.807, 2.05) is 38.1 Å². The SMILES string of the molecule is CC(C)CC(OC(=O)N1Cc2ccccc2C1)C(=O)N(C)C1CCOC1=O. The maximum Gasteiger partial charge on any atom is 0.411 e. The number of carbonyl (C=O) groups is 3. The van der Waals surface area contributed by atoms with Crippen molar-refractivity contribution in [3.63, 3.8) is 0 Å². The van der Waals surface area contributed by atoms with Crippen molar-refractivity contribution in [1.82, 2.24) is 9.80 Å². The topological polar surface area (TPSA) is 76.2 Å². The quantitative estimate of drug-likeness (QED) is 0.740. The van der Waals surface area contributed by atoms with Gasteiger partial charge in [-0.2, -0.15) is 0 Å². The number of esters is 1. The summed E-state index contributed by atoms with van der Waals surface area (Å²) in [4.78, 5) is 40.3. The normalized spacial score (nSPS) is 19.6. The molecule has 2 atom stereocenters. The molecule has 7 heteroatoms. The minimum atomic E-state index is -0.917. The van der Waals surface area contributed by atoms with E-state index in [9.17, 15) is 14.4 Å². The smallest absolute Gasteiger partial charge is 0.411 e. The lowest BCUT2D eigenvalue weighted by molar-refractivity contribution is -0.151. The van der Waals surface area contributed by atoms with E-state index in [-0.39, 0.29) is 11.8 Å². The van der Waals surface area contributed by atoms with Crippen LogP contribution in [0.5, 0.6) is 0 Å². The van der Waals surface area contributed by atoms with Gasteiger partial charge in [0, 0.05) is 26.6 Å². The average Bonchev–Trinajstić information content (AvgIpc) is 3.25. The average molecular weight is 374 g/mol. The Bertz CT molecular complexity index is 708. The Balaban J connectivity index is 1.67. The number of likely N-dealkylation sites (N-methyl/N-ethyl adjacent to an activating group) is 1. The highest BCUT2D eigenvalue weighted by Gasteiger charge is 2.38. The zero-order valence-corrected chi connectivity index (χ0v) is 16.0.